The molecule has 0 amide bonds. The maximum atomic E-state index is 4.28. The molecule has 2 rings (SSSR count). The second-order valence-electron chi connectivity index (χ2n) is 3.69. The molecule has 12 heavy (non-hydrogen) atoms. The quantitative estimate of drug-likeness (QED) is 0.372. The average molecular weight is 203 g/mol. The molecule has 0 bridgehead atoms. The summed E-state index contributed by atoms with van der Waals surface area (Å²) in [5.74, 6) is 0. The van der Waals surface area contributed by atoms with Crippen molar-refractivity contribution >= 4 is 31.0 Å². The van der Waals surface area contributed by atoms with Gasteiger partial charge in [-0.25, -0.2) is 0 Å². The van der Waals surface area contributed by atoms with Gasteiger partial charge in [0.15, 0.2) is 0 Å². The number of thiol groups is 2. The topological polar surface area (TPSA) is 18.8 Å². The third-order valence-electron chi connectivity index (χ3n) is 2.67. The van der Waals surface area contributed by atoms with Crippen molar-refractivity contribution in [3.63, 3.8) is 0 Å². The predicted molar refractivity (Wildman–Crippen MR) is 56.7 cm³/mol. The lowest BCUT2D eigenvalue weighted by Gasteiger charge is -2.44. The van der Waals surface area contributed by atoms with Gasteiger partial charge in [-0.05, 0) is 6.42 Å². The lowest BCUT2D eigenvalue weighted by Crippen LogP contribution is -2.52. The van der Waals surface area contributed by atoms with Crippen LogP contribution in [-0.4, -0.2) is 41.0 Å². The predicted octanol–water partition coefficient (Wildman–Crippen LogP) is 0.712. The maximum Gasteiger partial charge on any atom is 0.0769 e. The molecule has 0 aromatic rings. The molecule has 0 N–H and O–H groups in total. The van der Waals surface area contributed by atoms with E-state index in [0.29, 0.717) is 5.41 Å². The molecule has 3 nitrogen and oxygen atoms in total. The zero-order chi connectivity index (χ0) is 8.60. The van der Waals surface area contributed by atoms with Crippen LogP contribution in [0.25, 0.3) is 0 Å². The van der Waals surface area contributed by atoms with E-state index in [9.17, 15) is 0 Å². The van der Waals surface area contributed by atoms with Crippen LogP contribution in [-0.2, 0) is 0 Å². The highest BCUT2D eigenvalue weighted by molar-refractivity contribution is 7.94. The minimum absolute atomic E-state index is 0.488. The van der Waals surface area contributed by atoms with E-state index < -0.39 is 0 Å². The van der Waals surface area contributed by atoms with Crippen molar-refractivity contribution in [3.8, 4) is 0 Å². The Labute approximate surface area is 83.7 Å². The molecule has 0 aliphatic carbocycles. The van der Waals surface area contributed by atoms with Crippen molar-refractivity contribution in [3.05, 3.63) is 0 Å². The Bertz CT molecular complexity index is 201. The Hall–Kier alpha value is 0.130. The van der Waals surface area contributed by atoms with Crippen LogP contribution in [0.2, 0.25) is 0 Å². The van der Waals surface area contributed by atoms with E-state index in [-0.39, 0.29) is 0 Å². The first-order valence-electron chi connectivity index (χ1n) is 4.10. The monoisotopic (exact) mass is 203 g/mol. The van der Waals surface area contributed by atoms with Crippen molar-refractivity contribution in [2.45, 2.75) is 6.42 Å². The summed E-state index contributed by atoms with van der Waals surface area (Å²) in [6, 6.07) is 0. The normalized spacial score (nSPS) is 28.7. The summed E-state index contributed by atoms with van der Waals surface area (Å²) in [7, 11) is 0. The molecule has 0 unspecified atom stereocenters. The van der Waals surface area contributed by atoms with Crippen molar-refractivity contribution in [1.82, 2.24) is 9.31 Å². The molecule has 2 aliphatic heterocycles. The van der Waals surface area contributed by atoms with E-state index in [2.05, 4.69) is 39.9 Å². The Balaban J connectivity index is 1.90. The molecule has 0 radical (unpaired) electrons. The molecule has 2 aliphatic rings. The van der Waals surface area contributed by atoms with E-state index in [4.69, 9.17) is 0 Å². The zero-order valence-electron chi connectivity index (χ0n) is 6.85. The molecular formula is C7H13N3S2. The highest BCUT2D eigenvalue weighted by atomic mass is 32.1. The third-order valence-corrected chi connectivity index (χ3v) is 3.06. The molecule has 0 atom stereocenters. The van der Waals surface area contributed by atoms with Crippen molar-refractivity contribution in [2.75, 3.05) is 26.2 Å². The second-order valence-corrected chi connectivity index (χ2v) is 4.49. The highest BCUT2D eigenvalue weighted by Crippen LogP contribution is 2.40. The van der Waals surface area contributed by atoms with Crippen LogP contribution in [0.3, 0.4) is 0 Å². The van der Waals surface area contributed by atoms with Gasteiger partial charge in [0.05, 0.1) is 5.55 Å². The molecule has 2 heterocycles. The van der Waals surface area contributed by atoms with Gasteiger partial charge >= 0.3 is 0 Å². The number of rotatable bonds is 1. The van der Waals surface area contributed by atoms with E-state index in [0.717, 1.165) is 26.2 Å². The van der Waals surface area contributed by atoms with Crippen LogP contribution in [0.15, 0.2) is 5.10 Å². The van der Waals surface area contributed by atoms with Gasteiger partial charge in [0, 0.05) is 31.6 Å². The first-order valence-corrected chi connectivity index (χ1v) is 5.01. The third kappa shape index (κ3) is 1.45. The lowest BCUT2D eigenvalue weighted by molar-refractivity contribution is 0.0906. The molecule has 2 saturated heterocycles. The first kappa shape index (κ1) is 8.72. The van der Waals surface area contributed by atoms with Crippen molar-refractivity contribution < 1.29 is 0 Å². The number of hydrazone groups is 1. The minimum atomic E-state index is 0.488. The van der Waals surface area contributed by atoms with Gasteiger partial charge in [0.2, 0.25) is 0 Å². The van der Waals surface area contributed by atoms with Gasteiger partial charge in [-0.2, -0.15) is 5.10 Å². The van der Waals surface area contributed by atoms with E-state index >= 15 is 0 Å². The van der Waals surface area contributed by atoms with Crippen molar-refractivity contribution in [2.24, 2.45) is 10.5 Å². The molecule has 0 aromatic heterocycles. The fourth-order valence-electron chi connectivity index (χ4n) is 2.07. The standard InChI is InChI=1S/C7H13N3S2/c11-6-8-9-2-1-7(3-9)4-10(12)5-7/h6,12H,1-5H2,(H,8,11). The number of nitrogens with zero attached hydrogens (tertiary/aromatic N) is 3. The van der Waals surface area contributed by atoms with Crippen LogP contribution < -0.4 is 0 Å². The summed E-state index contributed by atoms with van der Waals surface area (Å²) in [5.41, 5.74) is 2.05. The van der Waals surface area contributed by atoms with Crippen LogP contribution in [0, 0.1) is 5.41 Å². The average Bonchev–Trinajstić information content (AvgIpc) is 2.33. The molecule has 68 valence electrons. The molecular weight excluding hydrogens is 190 g/mol. The lowest BCUT2D eigenvalue weighted by atomic mass is 9.81. The molecule has 2 fully saturated rings. The van der Waals surface area contributed by atoms with Gasteiger partial charge in [-0.1, -0.05) is 12.8 Å². The van der Waals surface area contributed by atoms with E-state index in [1.807, 2.05) is 0 Å². The smallest absolute Gasteiger partial charge is 0.0769 e. The number of hydrogen-bond donors (Lipinski definition) is 2. The number of hydrogen-bond acceptors (Lipinski definition) is 4. The molecule has 1 spiro atoms. The Kier molecular flexibility index (Phi) is 2.27. The summed E-state index contributed by atoms with van der Waals surface area (Å²) in [4.78, 5) is 0. The maximum absolute atomic E-state index is 4.28. The zero-order valence-corrected chi connectivity index (χ0v) is 8.64. The minimum Gasteiger partial charge on any atom is -0.296 e. The summed E-state index contributed by atoms with van der Waals surface area (Å²) in [5, 5.41) is 6.25. The molecule has 0 aromatic carbocycles. The Morgan fingerprint density at radius 2 is 2.08 bits per heavy atom. The SMILES string of the molecule is S/C=N/N1CCC2(CN(S)C2)C1. The second kappa shape index (κ2) is 3.12. The van der Waals surface area contributed by atoms with E-state index in [1.54, 1.807) is 5.55 Å². The summed E-state index contributed by atoms with van der Waals surface area (Å²) < 4.78 is 2.06. The highest BCUT2D eigenvalue weighted by Gasteiger charge is 2.46. The summed E-state index contributed by atoms with van der Waals surface area (Å²) in [6.07, 6.45) is 1.25. The van der Waals surface area contributed by atoms with Gasteiger partial charge in [-0.15, -0.1) is 12.6 Å². The van der Waals surface area contributed by atoms with Crippen LogP contribution in [0.1, 0.15) is 6.42 Å². The molecule has 0 saturated carbocycles. The van der Waals surface area contributed by atoms with Crippen molar-refractivity contribution in [1.29, 1.82) is 0 Å². The Morgan fingerprint density at radius 3 is 2.67 bits per heavy atom. The fourth-order valence-corrected chi connectivity index (χ4v) is 2.82. The van der Waals surface area contributed by atoms with Gasteiger partial charge < -0.3 is 0 Å². The molecule has 5 heteroatoms. The summed E-state index contributed by atoms with van der Waals surface area (Å²) in [6.45, 7) is 4.35. The fraction of sp³-hybridized carbons (Fsp3) is 0.857. The Morgan fingerprint density at radius 1 is 1.33 bits per heavy atom. The first-order chi connectivity index (χ1) is 5.74. The largest absolute Gasteiger partial charge is 0.296 e. The van der Waals surface area contributed by atoms with Gasteiger partial charge in [0.25, 0.3) is 0 Å². The van der Waals surface area contributed by atoms with E-state index in [1.165, 1.54) is 6.42 Å². The van der Waals surface area contributed by atoms with Crippen LogP contribution in [0.5, 0.6) is 0 Å². The van der Waals surface area contributed by atoms with Crippen LogP contribution >= 0.6 is 25.4 Å². The van der Waals surface area contributed by atoms with Gasteiger partial charge in [0.1, 0.15) is 0 Å². The van der Waals surface area contributed by atoms with Gasteiger partial charge in [-0.3, -0.25) is 9.31 Å². The van der Waals surface area contributed by atoms with Crippen LogP contribution in [0.4, 0.5) is 0 Å². The summed E-state index contributed by atoms with van der Waals surface area (Å²) >= 11 is 8.24.